The van der Waals surface area contributed by atoms with Gasteiger partial charge in [0.25, 0.3) is 0 Å². The number of Topliss-reactive ketones (excluding diaryl/α,β-unsaturated/α-hetero) is 1. The largest absolute Gasteiger partial charge is 0.300 e. The van der Waals surface area contributed by atoms with Crippen molar-refractivity contribution in [1.29, 1.82) is 0 Å². The van der Waals surface area contributed by atoms with Gasteiger partial charge in [-0.15, -0.1) is 0 Å². The number of hydrogen-bond donors (Lipinski definition) is 0. The van der Waals surface area contributed by atoms with Crippen LogP contribution < -0.4 is 0 Å². The van der Waals surface area contributed by atoms with Gasteiger partial charge in [-0.3, -0.25) is 4.79 Å². The number of ketones is 1. The number of carbonyl (C=O) groups excluding carboxylic acids is 1. The molecule has 0 heterocycles. The van der Waals surface area contributed by atoms with Gasteiger partial charge in [0.1, 0.15) is 5.78 Å². The highest BCUT2D eigenvalue weighted by molar-refractivity contribution is 5.79. The number of carbonyl (C=O) groups is 1. The van der Waals surface area contributed by atoms with E-state index in [1.165, 1.54) is 25.7 Å². The van der Waals surface area contributed by atoms with Gasteiger partial charge < -0.3 is 0 Å². The van der Waals surface area contributed by atoms with E-state index in [0.717, 1.165) is 12.8 Å². The summed E-state index contributed by atoms with van der Waals surface area (Å²) in [6.45, 7) is 4.42. The summed E-state index contributed by atoms with van der Waals surface area (Å²) in [5.74, 6) is 1.85. The standard InChI is InChI=1S/C11H20O/c1-3-4-5-10-6-9(2)7-11(12)8-10/h9-10H,3-8H2,1-2H3. The van der Waals surface area contributed by atoms with Crippen LogP contribution in [-0.4, -0.2) is 5.78 Å². The smallest absolute Gasteiger partial charge is 0.133 e. The third-order valence-corrected chi connectivity index (χ3v) is 2.79. The topological polar surface area (TPSA) is 17.1 Å². The molecule has 70 valence electrons. The van der Waals surface area contributed by atoms with Crippen LogP contribution in [0.3, 0.4) is 0 Å². The minimum absolute atomic E-state index is 0.495. The Hall–Kier alpha value is -0.330. The molecule has 1 nitrogen and oxygen atoms in total. The second-order valence-electron chi connectivity index (χ2n) is 4.30. The zero-order chi connectivity index (χ0) is 8.97. The fraction of sp³-hybridized carbons (Fsp3) is 0.909. The lowest BCUT2D eigenvalue weighted by Crippen LogP contribution is -2.20. The predicted octanol–water partition coefficient (Wildman–Crippen LogP) is 3.18. The summed E-state index contributed by atoms with van der Waals surface area (Å²) in [4.78, 5) is 11.2. The molecule has 0 bridgehead atoms. The van der Waals surface area contributed by atoms with Gasteiger partial charge in [-0.25, -0.2) is 0 Å². The first-order chi connectivity index (χ1) is 5.72. The molecule has 1 fully saturated rings. The Morgan fingerprint density at radius 2 is 2.17 bits per heavy atom. The lowest BCUT2D eigenvalue weighted by atomic mass is 9.79. The monoisotopic (exact) mass is 168 g/mol. The molecule has 0 aromatic carbocycles. The van der Waals surface area contributed by atoms with Crippen molar-refractivity contribution in [2.75, 3.05) is 0 Å². The first-order valence-electron chi connectivity index (χ1n) is 5.24. The van der Waals surface area contributed by atoms with Gasteiger partial charge in [0.2, 0.25) is 0 Å². The summed E-state index contributed by atoms with van der Waals surface area (Å²) in [6.07, 6.45) is 6.81. The Kier molecular flexibility index (Phi) is 3.77. The van der Waals surface area contributed by atoms with Gasteiger partial charge in [0, 0.05) is 12.8 Å². The molecule has 0 radical (unpaired) electrons. The van der Waals surface area contributed by atoms with E-state index in [1.807, 2.05) is 0 Å². The van der Waals surface area contributed by atoms with E-state index in [-0.39, 0.29) is 0 Å². The summed E-state index contributed by atoms with van der Waals surface area (Å²) in [5.41, 5.74) is 0. The van der Waals surface area contributed by atoms with Crippen molar-refractivity contribution in [2.45, 2.75) is 52.4 Å². The van der Waals surface area contributed by atoms with E-state index < -0.39 is 0 Å². The Labute approximate surface area is 75.5 Å². The molecule has 0 amide bonds. The summed E-state index contributed by atoms with van der Waals surface area (Å²) < 4.78 is 0. The molecule has 1 aliphatic rings. The van der Waals surface area contributed by atoms with Crippen LogP contribution in [0.5, 0.6) is 0 Å². The second kappa shape index (κ2) is 4.64. The zero-order valence-corrected chi connectivity index (χ0v) is 8.31. The molecule has 2 unspecified atom stereocenters. The van der Waals surface area contributed by atoms with Crippen molar-refractivity contribution in [1.82, 2.24) is 0 Å². The fourth-order valence-corrected chi connectivity index (χ4v) is 2.24. The van der Waals surface area contributed by atoms with Crippen LogP contribution in [0.15, 0.2) is 0 Å². The minimum atomic E-state index is 0.495. The molecule has 1 saturated carbocycles. The maximum atomic E-state index is 11.2. The minimum Gasteiger partial charge on any atom is -0.300 e. The molecule has 1 rings (SSSR count). The van der Waals surface area contributed by atoms with Crippen LogP contribution in [0.25, 0.3) is 0 Å². The van der Waals surface area contributed by atoms with Crippen LogP contribution in [0.1, 0.15) is 52.4 Å². The summed E-state index contributed by atoms with van der Waals surface area (Å²) in [5, 5.41) is 0. The van der Waals surface area contributed by atoms with Gasteiger partial charge in [0.05, 0.1) is 0 Å². The van der Waals surface area contributed by atoms with Gasteiger partial charge in [-0.05, 0) is 18.3 Å². The van der Waals surface area contributed by atoms with Gasteiger partial charge in [-0.2, -0.15) is 0 Å². The third kappa shape index (κ3) is 2.96. The Morgan fingerprint density at radius 3 is 2.75 bits per heavy atom. The Bertz CT molecular complexity index is 151. The quantitative estimate of drug-likeness (QED) is 0.632. The molecule has 1 heteroatoms. The fourth-order valence-electron chi connectivity index (χ4n) is 2.24. The van der Waals surface area contributed by atoms with Gasteiger partial charge in [-0.1, -0.05) is 33.1 Å². The summed E-state index contributed by atoms with van der Waals surface area (Å²) in [7, 11) is 0. The van der Waals surface area contributed by atoms with E-state index >= 15 is 0 Å². The Balaban J connectivity index is 2.29. The van der Waals surface area contributed by atoms with E-state index in [4.69, 9.17) is 0 Å². The highest BCUT2D eigenvalue weighted by Crippen LogP contribution is 2.29. The van der Waals surface area contributed by atoms with Crippen molar-refractivity contribution in [2.24, 2.45) is 11.8 Å². The van der Waals surface area contributed by atoms with Crippen LogP contribution in [0.2, 0.25) is 0 Å². The predicted molar refractivity (Wildman–Crippen MR) is 51.0 cm³/mol. The van der Waals surface area contributed by atoms with E-state index in [1.54, 1.807) is 0 Å². The highest BCUT2D eigenvalue weighted by atomic mass is 16.1. The SMILES string of the molecule is CCCCC1CC(=O)CC(C)C1. The molecule has 12 heavy (non-hydrogen) atoms. The van der Waals surface area contributed by atoms with Crippen LogP contribution in [-0.2, 0) is 4.79 Å². The molecule has 0 N–H and O–H groups in total. The maximum absolute atomic E-state index is 11.2. The molecular formula is C11H20O. The maximum Gasteiger partial charge on any atom is 0.133 e. The van der Waals surface area contributed by atoms with Crippen molar-refractivity contribution in [3.05, 3.63) is 0 Å². The Morgan fingerprint density at radius 1 is 1.42 bits per heavy atom. The molecule has 0 saturated heterocycles. The van der Waals surface area contributed by atoms with Crippen LogP contribution >= 0.6 is 0 Å². The lowest BCUT2D eigenvalue weighted by Gasteiger charge is -2.25. The van der Waals surface area contributed by atoms with Crippen LogP contribution in [0, 0.1) is 11.8 Å². The zero-order valence-electron chi connectivity index (χ0n) is 8.31. The molecular weight excluding hydrogens is 148 g/mol. The number of rotatable bonds is 3. The number of unbranched alkanes of at least 4 members (excludes halogenated alkanes) is 1. The highest BCUT2D eigenvalue weighted by Gasteiger charge is 2.23. The van der Waals surface area contributed by atoms with Crippen molar-refractivity contribution >= 4 is 5.78 Å². The van der Waals surface area contributed by atoms with E-state index in [0.29, 0.717) is 17.6 Å². The molecule has 0 spiro atoms. The average molecular weight is 168 g/mol. The van der Waals surface area contributed by atoms with Crippen molar-refractivity contribution in [3.63, 3.8) is 0 Å². The summed E-state index contributed by atoms with van der Waals surface area (Å²) >= 11 is 0. The molecule has 2 atom stereocenters. The molecule has 0 aromatic heterocycles. The normalized spacial score (nSPS) is 30.7. The molecule has 0 aromatic rings. The van der Waals surface area contributed by atoms with E-state index in [2.05, 4.69) is 13.8 Å². The average Bonchev–Trinajstić information content (AvgIpc) is 1.99. The lowest BCUT2D eigenvalue weighted by molar-refractivity contribution is -0.122. The third-order valence-electron chi connectivity index (χ3n) is 2.79. The van der Waals surface area contributed by atoms with E-state index in [9.17, 15) is 4.79 Å². The van der Waals surface area contributed by atoms with Crippen molar-refractivity contribution < 1.29 is 4.79 Å². The molecule has 1 aliphatic carbocycles. The van der Waals surface area contributed by atoms with Crippen molar-refractivity contribution in [3.8, 4) is 0 Å². The number of hydrogen-bond acceptors (Lipinski definition) is 1. The first kappa shape index (κ1) is 9.76. The van der Waals surface area contributed by atoms with Crippen LogP contribution in [0.4, 0.5) is 0 Å². The van der Waals surface area contributed by atoms with Gasteiger partial charge in [0.15, 0.2) is 0 Å². The second-order valence-corrected chi connectivity index (χ2v) is 4.30. The first-order valence-corrected chi connectivity index (χ1v) is 5.24. The molecule has 0 aliphatic heterocycles. The van der Waals surface area contributed by atoms with Gasteiger partial charge >= 0.3 is 0 Å². The summed E-state index contributed by atoms with van der Waals surface area (Å²) in [6, 6.07) is 0.